The summed E-state index contributed by atoms with van der Waals surface area (Å²) in [7, 11) is 3.78. The maximum Gasteiger partial charge on any atom is 0.119 e. The summed E-state index contributed by atoms with van der Waals surface area (Å²) in [6, 6.07) is 8.43. The maximum atomic E-state index is 5.89. The third-order valence-corrected chi connectivity index (χ3v) is 4.08. The van der Waals surface area contributed by atoms with E-state index in [1.807, 2.05) is 26.1 Å². The van der Waals surface area contributed by atoms with Gasteiger partial charge in [0.1, 0.15) is 5.75 Å². The molecule has 2 rings (SSSR count). The Morgan fingerprint density at radius 1 is 1.25 bits per heavy atom. The molecule has 1 unspecified atom stereocenters. The van der Waals surface area contributed by atoms with Crippen LogP contribution in [0.2, 0.25) is 0 Å². The number of hydrogen-bond donors (Lipinski definition) is 1. The molecule has 0 bridgehead atoms. The summed E-state index contributed by atoms with van der Waals surface area (Å²) in [5, 5.41) is 3.41. The highest BCUT2D eigenvalue weighted by molar-refractivity contribution is 5.31. The van der Waals surface area contributed by atoms with Gasteiger partial charge in [0.15, 0.2) is 0 Å². The number of hydrogen-bond acceptors (Lipinski definition) is 4. The van der Waals surface area contributed by atoms with E-state index in [-0.39, 0.29) is 11.6 Å². The Hall–Kier alpha value is -1.10. The van der Waals surface area contributed by atoms with Crippen LogP contribution in [0.4, 0.5) is 0 Å². The van der Waals surface area contributed by atoms with Gasteiger partial charge < -0.3 is 19.5 Å². The first-order chi connectivity index (χ1) is 9.75. The summed E-state index contributed by atoms with van der Waals surface area (Å²) in [6.45, 7) is 4.19. The second-order valence-corrected chi connectivity index (χ2v) is 5.11. The molecule has 0 aromatic heterocycles. The average molecular weight is 279 g/mol. The van der Waals surface area contributed by atoms with E-state index in [2.05, 4.69) is 17.4 Å². The quantitative estimate of drug-likeness (QED) is 0.868. The van der Waals surface area contributed by atoms with Crippen molar-refractivity contribution in [2.45, 2.75) is 31.4 Å². The fourth-order valence-corrected chi connectivity index (χ4v) is 2.98. The van der Waals surface area contributed by atoms with Gasteiger partial charge in [-0.05, 0) is 31.7 Å². The minimum atomic E-state index is -0.194. The predicted molar refractivity (Wildman–Crippen MR) is 79.2 cm³/mol. The summed E-state index contributed by atoms with van der Waals surface area (Å²) in [5.74, 6) is 0.907. The molecule has 0 spiro atoms. The van der Waals surface area contributed by atoms with Gasteiger partial charge in [0.2, 0.25) is 0 Å². The first-order valence-electron chi connectivity index (χ1n) is 7.28. The Morgan fingerprint density at radius 2 is 1.90 bits per heavy atom. The number of ether oxygens (including phenoxy) is 3. The fraction of sp³-hybridized carbons (Fsp3) is 0.625. The molecule has 1 heterocycles. The molecule has 20 heavy (non-hydrogen) atoms. The van der Waals surface area contributed by atoms with Gasteiger partial charge in [0.05, 0.1) is 18.2 Å². The highest BCUT2D eigenvalue weighted by Gasteiger charge is 2.40. The Balaban J connectivity index is 2.21. The molecule has 112 valence electrons. The van der Waals surface area contributed by atoms with Crippen LogP contribution in [0.15, 0.2) is 24.3 Å². The van der Waals surface area contributed by atoms with Gasteiger partial charge in [-0.15, -0.1) is 0 Å². The zero-order chi connectivity index (χ0) is 14.4. The van der Waals surface area contributed by atoms with Gasteiger partial charge >= 0.3 is 0 Å². The van der Waals surface area contributed by atoms with Gasteiger partial charge in [-0.2, -0.15) is 0 Å². The lowest BCUT2D eigenvalue weighted by atomic mass is 9.82. The molecular formula is C16H25NO3. The van der Waals surface area contributed by atoms with Crippen molar-refractivity contribution in [3.05, 3.63) is 29.8 Å². The lowest BCUT2D eigenvalue weighted by Crippen LogP contribution is -2.48. The molecule has 1 atom stereocenters. The van der Waals surface area contributed by atoms with Gasteiger partial charge in [-0.25, -0.2) is 0 Å². The number of nitrogens with one attached hydrogen (secondary N) is 1. The Morgan fingerprint density at radius 3 is 2.40 bits per heavy atom. The molecule has 4 heteroatoms. The van der Waals surface area contributed by atoms with E-state index < -0.39 is 0 Å². The Kier molecular flexibility index (Phi) is 5.40. The van der Waals surface area contributed by atoms with Crippen molar-refractivity contribution in [2.75, 3.05) is 34.0 Å². The van der Waals surface area contributed by atoms with Crippen molar-refractivity contribution in [3.8, 4) is 5.75 Å². The largest absolute Gasteiger partial charge is 0.494 e. The highest BCUT2D eigenvalue weighted by atomic mass is 16.5. The molecule has 1 aromatic rings. The number of rotatable bonds is 6. The normalized spacial score (nSPS) is 19.6. The van der Waals surface area contributed by atoms with Crippen LogP contribution in [0.1, 0.15) is 31.4 Å². The van der Waals surface area contributed by atoms with Crippen molar-refractivity contribution in [3.63, 3.8) is 0 Å². The van der Waals surface area contributed by atoms with Crippen molar-refractivity contribution >= 4 is 0 Å². The standard InChI is InChI=1S/C16H25NO3/c1-4-20-14-7-5-13(6-8-14)15(17-2)16(18-3)9-11-19-12-10-16/h5-8,15,17H,4,9-12H2,1-3H3. The van der Waals surface area contributed by atoms with Crippen LogP contribution in [0.5, 0.6) is 5.75 Å². The first kappa shape index (κ1) is 15.3. The number of methoxy groups -OCH3 is 1. The molecule has 1 aliphatic heterocycles. The SMILES string of the molecule is CCOc1ccc(C(NC)C2(OC)CCOCC2)cc1. The lowest BCUT2D eigenvalue weighted by Gasteiger charge is -2.42. The lowest BCUT2D eigenvalue weighted by molar-refractivity contribution is -0.110. The average Bonchev–Trinajstić information content (AvgIpc) is 2.51. The van der Waals surface area contributed by atoms with Crippen LogP contribution >= 0.6 is 0 Å². The Labute approximate surface area is 121 Å². The van der Waals surface area contributed by atoms with E-state index in [1.54, 1.807) is 7.11 Å². The van der Waals surface area contributed by atoms with Crippen molar-refractivity contribution in [1.82, 2.24) is 5.32 Å². The molecule has 1 N–H and O–H groups in total. The number of benzene rings is 1. The monoisotopic (exact) mass is 279 g/mol. The predicted octanol–water partition coefficient (Wildman–Crippen LogP) is 2.54. The second-order valence-electron chi connectivity index (χ2n) is 5.11. The van der Waals surface area contributed by atoms with Crippen LogP contribution in [0.25, 0.3) is 0 Å². The second kappa shape index (κ2) is 7.07. The summed E-state index contributed by atoms with van der Waals surface area (Å²) >= 11 is 0. The zero-order valence-corrected chi connectivity index (χ0v) is 12.6. The molecule has 0 aliphatic carbocycles. The van der Waals surface area contributed by atoms with E-state index in [9.17, 15) is 0 Å². The van der Waals surface area contributed by atoms with Gasteiger partial charge in [-0.3, -0.25) is 0 Å². The summed E-state index contributed by atoms with van der Waals surface area (Å²) in [6.07, 6.45) is 1.81. The van der Waals surface area contributed by atoms with Crippen molar-refractivity contribution in [1.29, 1.82) is 0 Å². The van der Waals surface area contributed by atoms with Crippen LogP contribution < -0.4 is 10.1 Å². The summed E-state index contributed by atoms with van der Waals surface area (Å²) in [5.41, 5.74) is 1.03. The van der Waals surface area contributed by atoms with E-state index in [4.69, 9.17) is 14.2 Å². The van der Waals surface area contributed by atoms with E-state index in [0.29, 0.717) is 6.61 Å². The molecule has 0 radical (unpaired) electrons. The minimum absolute atomic E-state index is 0.159. The van der Waals surface area contributed by atoms with E-state index >= 15 is 0 Å². The molecule has 1 saturated heterocycles. The molecule has 1 fully saturated rings. The van der Waals surface area contributed by atoms with Gasteiger partial charge in [-0.1, -0.05) is 12.1 Å². The van der Waals surface area contributed by atoms with Crippen LogP contribution in [-0.4, -0.2) is 39.6 Å². The topological polar surface area (TPSA) is 39.7 Å². The first-order valence-corrected chi connectivity index (χ1v) is 7.28. The van der Waals surface area contributed by atoms with Crippen molar-refractivity contribution in [2.24, 2.45) is 0 Å². The minimum Gasteiger partial charge on any atom is -0.494 e. The molecule has 0 saturated carbocycles. The smallest absolute Gasteiger partial charge is 0.119 e. The third kappa shape index (κ3) is 3.14. The van der Waals surface area contributed by atoms with Gasteiger partial charge in [0.25, 0.3) is 0 Å². The molecule has 0 amide bonds. The maximum absolute atomic E-state index is 5.89. The van der Waals surface area contributed by atoms with Gasteiger partial charge in [0, 0.05) is 33.2 Å². The molecule has 1 aliphatic rings. The number of likely N-dealkylation sites (N-methyl/N-ethyl adjacent to an activating group) is 1. The molecule has 4 nitrogen and oxygen atoms in total. The van der Waals surface area contributed by atoms with Crippen LogP contribution in [-0.2, 0) is 9.47 Å². The van der Waals surface area contributed by atoms with E-state index in [1.165, 1.54) is 5.56 Å². The zero-order valence-electron chi connectivity index (χ0n) is 12.6. The Bertz CT molecular complexity index is 399. The summed E-state index contributed by atoms with van der Waals surface area (Å²) in [4.78, 5) is 0. The van der Waals surface area contributed by atoms with Crippen molar-refractivity contribution < 1.29 is 14.2 Å². The fourth-order valence-electron chi connectivity index (χ4n) is 2.98. The molecule has 1 aromatic carbocycles. The van der Waals surface area contributed by atoms with E-state index in [0.717, 1.165) is 31.8 Å². The molecular weight excluding hydrogens is 254 g/mol. The highest BCUT2D eigenvalue weighted by Crippen LogP contribution is 2.37. The third-order valence-electron chi connectivity index (χ3n) is 4.08. The van der Waals surface area contributed by atoms with Crippen LogP contribution in [0, 0.1) is 0 Å². The summed E-state index contributed by atoms with van der Waals surface area (Å²) < 4.78 is 16.9. The van der Waals surface area contributed by atoms with Crippen LogP contribution in [0.3, 0.4) is 0 Å².